The summed E-state index contributed by atoms with van der Waals surface area (Å²) in [7, 11) is 1.80. The summed E-state index contributed by atoms with van der Waals surface area (Å²) < 4.78 is 10.4. The Hall–Kier alpha value is -2.25. The molecule has 3 aromatic rings. The highest BCUT2D eigenvalue weighted by atomic mass is 32.1. The number of rotatable bonds is 5. The minimum Gasteiger partial charge on any atom is -0.380 e. The van der Waals surface area contributed by atoms with Gasteiger partial charge >= 0.3 is 0 Å². The predicted octanol–water partition coefficient (Wildman–Crippen LogP) is 3.14. The first-order valence-corrected chi connectivity index (χ1v) is 9.50. The number of aryl methyl sites for hydroxylation is 4. The maximum absolute atomic E-state index is 12.7. The SMILES string of the molecule is CCOCCn1c(=NC(=O)c2nn(C)cc2C)sc2c(C)cc(C)cc21. The van der Waals surface area contributed by atoms with E-state index in [1.807, 2.05) is 20.0 Å². The number of amides is 1. The second-order valence-electron chi connectivity index (χ2n) is 6.41. The van der Waals surface area contributed by atoms with Crippen molar-refractivity contribution in [2.24, 2.45) is 12.0 Å². The van der Waals surface area contributed by atoms with Crippen LogP contribution in [0.25, 0.3) is 10.2 Å². The van der Waals surface area contributed by atoms with Gasteiger partial charge in [0.15, 0.2) is 10.5 Å². The molecule has 2 heterocycles. The predicted molar refractivity (Wildman–Crippen MR) is 104 cm³/mol. The quantitative estimate of drug-likeness (QED) is 0.647. The molecule has 0 aliphatic heterocycles. The molecule has 0 saturated carbocycles. The Labute approximate surface area is 156 Å². The summed E-state index contributed by atoms with van der Waals surface area (Å²) in [6.07, 6.45) is 1.82. The van der Waals surface area contributed by atoms with E-state index in [1.54, 1.807) is 11.7 Å². The third-order valence-electron chi connectivity index (χ3n) is 4.19. The number of fused-ring (bicyclic) bond motifs is 1. The maximum Gasteiger partial charge on any atom is 0.300 e. The molecule has 0 spiro atoms. The second-order valence-corrected chi connectivity index (χ2v) is 7.39. The van der Waals surface area contributed by atoms with E-state index in [0.717, 1.165) is 15.8 Å². The van der Waals surface area contributed by atoms with Crippen molar-refractivity contribution in [1.29, 1.82) is 0 Å². The summed E-state index contributed by atoms with van der Waals surface area (Å²) in [5.74, 6) is -0.311. The Morgan fingerprint density at radius 1 is 1.27 bits per heavy atom. The van der Waals surface area contributed by atoms with E-state index in [-0.39, 0.29) is 5.91 Å². The third-order valence-corrected chi connectivity index (χ3v) is 5.42. The number of hydrogen-bond donors (Lipinski definition) is 0. The Balaban J connectivity index is 2.14. The first-order chi connectivity index (χ1) is 12.4. The molecule has 0 atom stereocenters. The van der Waals surface area contributed by atoms with E-state index < -0.39 is 0 Å². The van der Waals surface area contributed by atoms with Crippen LogP contribution in [0.15, 0.2) is 23.3 Å². The number of hydrogen-bond acceptors (Lipinski definition) is 4. The van der Waals surface area contributed by atoms with Gasteiger partial charge in [-0.15, -0.1) is 0 Å². The van der Waals surface area contributed by atoms with Gasteiger partial charge in [0.2, 0.25) is 0 Å². The highest BCUT2D eigenvalue weighted by molar-refractivity contribution is 7.16. The molecule has 0 fully saturated rings. The maximum atomic E-state index is 12.7. The zero-order chi connectivity index (χ0) is 18.8. The fourth-order valence-electron chi connectivity index (χ4n) is 3.07. The topological polar surface area (TPSA) is 61.4 Å². The molecule has 1 amide bonds. The van der Waals surface area contributed by atoms with Crippen molar-refractivity contribution in [2.75, 3.05) is 13.2 Å². The van der Waals surface area contributed by atoms with Crippen molar-refractivity contribution in [2.45, 2.75) is 34.2 Å². The summed E-state index contributed by atoms with van der Waals surface area (Å²) in [6.45, 7) is 9.92. The van der Waals surface area contributed by atoms with Crippen molar-refractivity contribution in [3.05, 3.63) is 45.5 Å². The van der Waals surface area contributed by atoms with Gasteiger partial charge in [0, 0.05) is 32.0 Å². The van der Waals surface area contributed by atoms with E-state index in [0.29, 0.717) is 30.3 Å². The number of ether oxygens (including phenoxy) is 1. The minimum atomic E-state index is -0.311. The lowest BCUT2D eigenvalue weighted by atomic mass is 10.1. The van der Waals surface area contributed by atoms with Gasteiger partial charge in [-0.2, -0.15) is 10.1 Å². The third kappa shape index (κ3) is 3.64. The number of benzene rings is 1. The smallest absolute Gasteiger partial charge is 0.300 e. The Morgan fingerprint density at radius 3 is 2.69 bits per heavy atom. The molecule has 26 heavy (non-hydrogen) atoms. The molecule has 0 unspecified atom stereocenters. The Bertz CT molecular complexity index is 1030. The standard InChI is InChI=1S/C19H24N4O2S/c1-6-25-8-7-23-15-10-12(2)9-13(3)17(15)26-19(23)20-18(24)16-14(4)11-22(5)21-16/h9-11H,6-8H2,1-5H3. The minimum absolute atomic E-state index is 0.311. The molecular weight excluding hydrogens is 348 g/mol. The number of aromatic nitrogens is 3. The highest BCUT2D eigenvalue weighted by Gasteiger charge is 2.15. The Kier molecular flexibility index (Phi) is 5.38. The van der Waals surface area contributed by atoms with Gasteiger partial charge in [0.25, 0.3) is 5.91 Å². The van der Waals surface area contributed by atoms with Crippen molar-refractivity contribution in [3.8, 4) is 0 Å². The lowest BCUT2D eigenvalue weighted by molar-refractivity contribution is 0.0990. The average Bonchev–Trinajstić information content (AvgIpc) is 3.08. The van der Waals surface area contributed by atoms with Gasteiger partial charge in [0.05, 0.1) is 16.8 Å². The lowest BCUT2D eigenvalue weighted by Gasteiger charge is -2.06. The first-order valence-electron chi connectivity index (χ1n) is 8.68. The van der Waals surface area contributed by atoms with E-state index in [9.17, 15) is 4.79 Å². The number of nitrogens with zero attached hydrogens (tertiary/aromatic N) is 4. The molecule has 0 aliphatic rings. The van der Waals surface area contributed by atoms with Crippen molar-refractivity contribution < 1.29 is 9.53 Å². The Morgan fingerprint density at radius 2 is 2.04 bits per heavy atom. The van der Waals surface area contributed by atoms with Gasteiger partial charge in [-0.25, -0.2) is 0 Å². The summed E-state index contributed by atoms with van der Waals surface area (Å²) in [5.41, 5.74) is 4.70. The van der Waals surface area contributed by atoms with Crippen LogP contribution in [0.4, 0.5) is 0 Å². The number of carbonyl (C=O) groups is 1. The fourth-order valence-corrected chi connectivity index (χ4v) is 4.18. The van der Waals surface area contributed by atoms with Gasteiger partial charge in [-0.3, -0.25) is 9.48 Å². The van der Waals surface area contributed by atoms with Gasteiger partial charge in [0.1, 0.15) is 0 Å². The normalized spacial score (nSPS) is 12.3. The monoisotopic (exact) mass is 372 g/mol. The van der Waals surface area contributed by atoms with Crippen molar-refractivity contribution in [3.63, 3.8) is 0 Å². The number of thiazole rings is 1. The van der Waals surface area contributed by atoms with Gasteiger partial charge in [-0.05, 0) is 44.9 Å². The molecule has 3 rings (SSSR count). The molecule has 0 radical (unpaired) electrons. The molecule has 1 aromatic carbocycles. The van der Waals surface area contributed by atoms with Crippen LogP contribution in [0.3, 0.4) is 0 Å². The van der Waals surface area contributed by atoms with E-state index in [2.05, 4.69) is 40.6 Å². The van der Waals surface area contributed by atoms with E-state index in [1.165, 1.54) is 22.5 Å². The van der Waals surface area contributed by atoms with E-state index >= 15 is 0 Å². The molecule has 0 aliphatic carbocycles. The zero-order valence-electron chi connectivity index (χ0n) is 15.9. The highest BCUT2D eigenvalue weighted by Crippen LogP contribution is 2.23. The van der Waals surface area contributed by atoms with E-state index in [4.69, 9.17) is 4.74 Å². The average molecular weight is 372 g/mol. The van der Waals surface area contributed by atoms with Crippen LogP contribution in [0, 0.1) is 20.8 Å². The first kappa shape index (κ1) is 18.5. The summed E-state index contributed by atoms with van der Waals surface area (Å²) in [4.78, 5) is 17.8. The van der Waals surface area contributed by atoms with Crippen LogP contribution >= 0.6 is 11.3 Å². The lowest BCUT2D eigenvalue weighted by Crippen LogP contribution is -2.20. The molecule has 0 saturated heterocycles. The van der Waals surface area contributed by atoms with Crippen LogP contribution in [-0.4, -0.2) is 33.5 Å². The molecule has 2 aromatic heterocycles. The fraction of sp³-hybridized carbons (Fsp3) is 0.421. The van der Waals surface area contributed by atoms with Crippen LogP contribution < -0.4 is 4.80 Å². The largest absolute Gasteiger partial charge is 0.380 e. The zero-order valence-corrected chi connectivity index (χ0v) is 16.7. The van der Waals surface area contributed by atoms with Crippen LogP contribution in [0.5, 0.6) is 0 Å². The molecular formula is C19H24N4O2S. The molecule has 138 valence electrons. The summed E-state index contributed by atoms with van der Waals surface area (Å²) in [6, 6.07) is 4.29. The molecule has 7 heteroatoms. The van der Waals surface area contributed by atoms with Crippen LogP contribution in [-0.2, 0) is 18.3 Å². The van der Waals surface area contributed by atoms with Gasteiger partial charge < -0.3 is 9.30 Å². The second kappa shape index (κ2) is 7.55. The molecule has 6 nitrogen and oxygen atoms in total. The van der Waals surface area contributed by atoms with Crippen molar-refractivity contribution in [1.82, 2.24) is 14.3 Å². The summed E-state index contributed by atoms with van der Waals surface area (Å²) >= 11 is 1.54. The van der Waals surface area contributed by atoms with Crippen LogP contribution in [0.2, 0.25) is 0 Å². The molecule has 0 bridgehead atoms. The summed E-state index contributed by atoms with van der Waals surface area (Å²) in [5, 5.41) is 4.24. The number of carbonyl (C=O) groups excluding carboxylic acids is 1. The van der Waals surface area contributed by atoms with Gasteiger partial charge in [-0.1, -0.05) is 17.4 Å². The van der Waals surface area contributed by atoms with Crippen molar-refractivity contribution >= 4 is 27.5 Å². The van der Waals surface area contributed by atoms with Crippen LogP contribution in [0.1, 0.15) is 34.1 Å². The molecule has 0 N–H and O–H groups in total.